The molecule has 0 atom stereocenters. The highest BCUT2D eigenvalue weighted by Crippen LogP contribution is 2.29. The smallest absolute Gasteiger partial charge is 0.311 e. The fraction of sp³-hybridized carbons (Fsp3) is 0.645. The normalized spacial score (nSPS) is 13.9. The zero-order chi connectivity index (χ0) is 24.6. The van der Waals surface area contributed by atoms with Crippen molar-refractivity contribution in [3.8, 4) is 17.1 Å². The summed E-state index contributed by atoms with van der Waals surface area (Å²) in [5, 5.41) is 0. The van der Waals surface area contributed by atoms with Crippen molar-refractivity contribution in [2.24, 2.45) is 5.92 Å². The quantitative estimate of drug-likeness (QED) is 0.129. The van der Waals surface area contributed by atoms with Crippen LogP contribution >= 0.6 is 0 Å². The predicted molar refractivity (Wildman–Crippen MR) is 144 cm³/mol. The minimum absolute atomic E-state index is 0.139. The number of hydrogen-bond donors (Lipinski definition) is 0. The van der Waals surface area contributed by atoms with Crippen LogP contribution in [0.1, 0.15) is 122 Å². The lowest BCUT2D eigenvalue weighted by Gasteiger charge is -2.08. The molecule has 1 aromatic carbocycles. The number of ether oxygens (including phenoxy) is 1. The summed E-state index contributed by atoms with van der Waals surface area (Å²) in [6.07, 6.45) is 26.3. The lowest BCUT2D eigenvalue weighted by molar-refractivity contribution is -0.134. The first-order valence-electron chi connectivity index (χ1n) is 14.4. The molecule has 0 radical (unpaired) electrons. The van der Waals surface area contributed by atoms with E-state index in [1.165, 1.54) is 95.5 Å². The van der Waals surface area contributed by atoms with Crippen LogP contribution < -0.4 is 4.74 Å². The van der Waals surface area contributed by atoms with Crippen LogP contribution in [0.5, 0.6) is 5.75 Å². The van der Waals surface area contributed by atoms with E-state index >= 15 is 0 Å². The third-order valence-corrected chi connectivity index (χ3v) is 7.34. The van der Waals surface area contributed by atoms with E-state index in [-0.39, 0.29) is 5.97 Å². The van der Waals surface area contributed by atoms with Gasteiger partial charge in [0.25, 0.3) is 0 Å². The number of hydrogen-bond acceptors (Lipinski definition) is 4. The lowest BCUT2D eigenvalue weighted by Crippen LogP contribution is -2.07. The number of benzene rings is 1. The van der Waals surface area contributed by atoms with Gasteiger partial charge in [-0.05, 0) is 55.0 Å². The molecule has 0 amide bonds. The Morgan fingerprint density at radius 2 is 1.46 bits per heavy atom. The van der Waals surface area contributed by atoms with Crippen molar-refractivity contribution in [2.45, 2.75) is 122 Å². The van der Waals surface area contributed by atoms with Crippen LogP contribution in [0.3, 0.4) is 0 Å². The van der Waals surface area contributed by atoms with Crippen LogP contribution in [-0.2, 0) is 11.2 Å². The van der Waals surface area contributed by atoms with Gasteiger partial charge in [0.15, 0.2) is 5.82 Å². The summed E-state index contributed by atoms with van der Waals surface area (Å²) in [5.41, 5.74) is 2.14. The average molecular weight is 479 g/mol. The van der Waals surface area contributed by atoms with E-state index in [0.29, 0.717) is 18.0 Å². The maximum Gasteiger partial charge on any atom is 0.311 e. The Bertz CT molecular complexity index is 826. The number of nitrogens with zero attached hydrogens (tertiary/aromatic N) is 2. The van der Waals surface area contributed by atoms with Gasteiger partial charge in [-0.2, -0.15) is 0 Å². The second kappa shape index (κ2) is 16.4. The van der Waals surface area contributed by atoms with Crippen molar-refractivity contribution in [2.75, 3.05) is 0 Å². The molecule has 0 spiro atoms. The van der Waals surface area contributed by atoms with Crippen LogP contribution in [0, 0.1) is 5.92 Å². The second-order valence-corrected chi connectivity index (χ2v) is 10.4. The molecule has 4 heteroatoms. The highest BCUT2D eigenvalue weighted by molar-refractivity contribution is 5.72. The van der Waals surface area contributed by atoms with Gasteiger partial charge >= 0.3 is 5.97 Å². The molecular weight excluding hydrogens is 432 g/mol. The van der Waals surface area contributed by atoms with E-state index in [4.69, 9.17) is 4.74 Å². The van der Waals surface area contributed by atoms with Gasteiger partial charge in [0.05, 0.1) is 0 Å². The first kappa shape index (κ1) is 27.4. The highest BCUT2D eigenvalue weighted by atomic mass is 16.5. The molecule has 1 aliphatic carbocycles. The van der Waals surface area contributed by atoms with E-state index in [1.807, 2.05) is 36.7 Å². The SMILES string of the molecule is CCCCCCCCCc1cnc(-c2ccc(OC(=O)CCCCCCC3CCCC3)cc2)nc1. The third kappa shape index (κ3) is 10.9. The van der Waals surface area contributed by atoms with Crippen molar-refractivity contribution in [3.63, 3.8) is 0 Å². The molecule has 1 aliphatic rings. The molecule has 1 saturated carbocycles. The van der Waals surface area contributed by atoms with Gasteiger partial charge < -0.3 is 4.74 Å². The molecule has 1 aromatic heterocycles. The van der Waals surface area contributed by atoms with Crippen LogP contribution in [-0.4, -0.2) is 15.9 Å². The van der Waals surface area contributed by atoms with Crippen molar-refractivity contribution >= 4 is 5.97 Å². The Morgan fingerprint density at radius 3 is 2.17 bits per heavy atom. The zero-order valence-corrected chi connectivity index (χ0v) is 22.0. The Hall–Kier alpha value is -2.23. The molecule has 4 nitrogen and oxygen atoms in total. The van der Waals surface area contributed by atoms with E-state index in [0.717, 1.165) is 30.7 Å². The lowest BCUT2D eigenvalue weighted by atomic mass is 9.99. The van der Waals surface area contributed by atoms with Crippen molar-refractivity contribution in [1.82, 2.24) is 9.97 Å². The molecule has 192 valence electrons. The van der Waals surface area contributed by atoms with Crippen molar-refractivity contribution in [3.05, 3.63) is 42.2 Å². The topological polar surface area (TPSA) is 52.1 Å². The average Bonchev–Trinajstić information content (AvgIpc) is 3.40. The number of carbonyl (C=O) groups is 1. The monoisotopic (exact) mass is 478 g/mol. The maximum absolute atomic E-state index is 12.2. The van der Waals surface area contributed by atoms with Crippen LogP contribution in [0.2, 0.25) is 0 Å². The number of aromatic nitrogens is 2. The summed E-state index contributed by atoms with van der Waals surface area (Å²) in [5.74, 6) is 2.14. The third-order valence-electron chi connectivity index (χ3n) is 7.34. The summed E-state index contributed by atoms with van der Waals surface area (Å²) in [6.45, 7) is 2.26. The number of rotatable bonds is 17. The minimum Gasteiger partial charge on any atom is -0.427 e. The molecule has 3 rings (SSSR count). The van der Waals surface area contributed by atoms with Crippen molar-refractivity contribution < 1.29 is 9.53 Å². The number of unbranched alkanes of at least 4 members (excludes halogenated alkanes) is 9. The Labute approximate surface area is 213 Å². The molecule has 2 aromatic rings. The summed E-state index contributed by atoms with van der Waals surface area (Å²) >= 11 is 0. The van der Waals surface area contributed by atoms with Gasteiger partial charge in [-0.15, -0.1) is 0 Å². The van der Waals surface area contributed by atoms with Gasteiger partial charge in [-0.25, -0.2) is 9.97 Å². The fourth-order valence-corrected chi connectivity index (χ4v) is 5.13. The molecular formula is C31H46N2O2. The first-order valence-corrected chi connectivity index (χ1v) is 14.4. The Balaban J connectivity index is 1.29. The number of aryl methyl sites for hydroxylation is 1. The minimum atomic E-state index is -0.139. The fourth-order valence-electron chi connectivity index (χ4n) is 5.13. The van der Waals surface area contributed by atoms with Gasteiger partial charge in [0.2, 0.25) is 0 Å². The Morgan fingerprint density at radius 1 is 0.829 bits per heavy atom. The Kier molecular flexibility index (Phi) is 12.9. The van der Waals surface area contributed by atoms with E-state index in [1.54, 1.807) is 0 Å². The van der Waals surface area contributed by atoms with Crippen LogP contribution in [0.25, 0.3) is 11.4 Å². The summed E-state index contributed by atoms with van der Waals surface area (Å²) in [4.78, 5) is 21.3. The predicted octanol–water partition coefficient (Wildman–Crippen LogP) is 8.87. The van der Waals surface area contributed by atoms with Crippen LogP contribution in [0.4, 0.5) is 0 Å². The molecule has 0 N–H and O–H groups in total. The first-order chi connectivity index (χ1) is 17.2. The molecule has 0 bridgehead atoms. The molecule has 1 heterocycles. The molecule has 1 fully saturated rings. The molecule has 35 heavy (non-hydrogen) atoms. The number of esters is 1. The van der Waals surface area contributed by atoms with Crippen LogP contribution in [0.15, 0.2) is 36.7 Å². The van der Waals surface area contributed by atoms with Gasteiger partial charge in [0, 0.05) is 24.4 Å². The summed E-state index contributed by atoms with van der Waals surface area (Å²) < 4.78 is 5.52. The standard InChI is InChI=1S/C31H46N2O2/c1-2-3-4-5-6-7-11-18-27-24-32-31(33-25-27)28-20-22-29(23-21-28)35-30(34)19-12-9-8-10-15-26-16-13-14-17-26/h20-26H,2-19H2,1H3. The molecule has 0 saturated heterocycles. The van der Waals surface area contributed by atoms with Gasteiger partial charge in [-0.3, -0.25) is 4.79 Å². The van der Waals surface area contributed by atoms with E-state index < -0.39 is 0 Å². The number of carbonyl (C=O) groups excluding carboxylic acids is 1. The largest absolute Gasteiger partial charge is 0.427 e. The highest BCUT2D eigenvalue weighted by Gasteiger charge is 2.14. The molecule has 0 unspecified atom stereocenters. The second-order valence-electron chi connectivity index (χ2n) is 10.4. The summed E-state index contributed by atoms with van der Waals surface area (Å²) in [7, 11) is 0. The summed E-state index contributed by atoms with van der Waals surface area (Å²) in [6, 6.07) is 7.53. The van der Waals surface area contributed by atoms with Gasteiger partial charge in [-0.1, -0.05) is 96.8 Å². The zero-order valence-electron chi connectivity index (χ0n) is 22.0. The van der Waals surface area contributed by atoms with E-state index in [9.17, 15) is 4.79 Å². The maximum atomic E-state index is 12.2. The molecule has 0 aliphatic heterocycles. The van der Waals surface area contributed by atoms with E-state index in [2.05, 4.69) is 16.9 Å². The van der Waals surface area contributed by atoms with Crippen molar-refractivity contribution in [1.29, 1.82) is 0 Å². The van der Waals surface area contributed by atoms with Gasteiger partial charge in [0.1, 0.15) is 5.75 Å².